The number of benzene rings is 1. The van der Waals surface area contributed by atoms with Gasteiger partial charge in [0.05, 0.1) is 5.69 Å². The van der Waals surface area contributed by atoms with Crippen LogP contribution < -0.4 is 0 Å². The molecule has 0 fully saturated rings. The van der Waals surface area contributed by atoms with Crippen molar-refractivity contribution in [2.75, 3.05) is 0 Å². The predicted octanol–water partition coefficient (Wildman–Crippen LogP) is 8.45. The van der Waals surface area contributed by atoms with Crippen molar-refractivity contribution in [2.24, 2.45) is 0 Å². The number of aryl methyl sites for hydroxylation is 3. The lowest BCUT2D eigenvalue weighted by Crippen LogP contribution is -2.04. The number of allylic oxidation sites excluding steroid dienone is 2. The second kappa shape index (κ2) is 14.5. The topological polar surface area (TPSA) is 17.8 Å². The van der Waals surface area contributed by atoms with E-state index in [0.717, 1.165) is 42.9 Å². The first-order valence-corrected chi connectivity index (χ1v) is 11.1. The minimum Gasteiger partial charge on any atom is -0.328 e. The van der Waals surface area contributed by atoms with Crippen molar-refractivity contribution in [3.8, 4) is 0 Å². The molecule has 0 spiro atoms. The van der Waals surface area contributed by atoms with Crippen molar-refractivity contribution in [3.05, 3.63) is 71.3 Å². The van der Waals surface area contributed by atoms with Gasteiger partial charge >= 0.3 is 0 Å². The summed E-state index contributed by atoms with van der Waals surface area (Å²) in [4.78, 5) is 4.30. The van der Waals surface area contributed by atoms with E-state index >= 15 is 0 Å². The van der Waals surface area contributed by atoms with E-state index in [1.807, 2.05) is 39.8 Å². The average molecular weight is 413 g/mol. The highest BCUT2D eigenvalue weighted by Gasteiger charge is 2.15. The van der Waals surface area contributed by atoms with Crippen molar-refractivity contribution in [2.45, 2.75) is 81.2 Å². The van der Waals surface area contributed by atoms with Crippen LogP contribution in [0.25, 0.3) is 17.5 Å². The molecule has 0 aliphatic rings. The summed E-state index contributed by atoms with van der Waals surface area (Å²) < 4.78 is 15.4. The normalized spacial score (nSPS) is 10.2. The molecule has 1 aromatic carbocycles. The summed E-state index contributed by atoms with van der Waals surface area (Å²) in [6, 6.07) is 6.59. The minimum absolute atomic E-state index is 0.378. The lowest BCUT2D eigenvalue weighted by atomic mass is 9.99. The van der Waals surface area contributed by atoms with Gasteiger partial charge in [0.2, 0.25) is 0 Å². The Kier molecular flexibility index (Phi) is 13.4. The highest BCUT2D eigenvalue weighted by Crippen LogP contribution is 2.22. The van der Waals surface area contributed by atoms with Crippen LogP contribution in [0.2, 0.25) is 0 Å². The van der Waals surface area contributed by atoms with Gasteiger partial charge in [-0.2, -0.15) is 0 Å². The molecule has 0 N–H and O–H groups in total. The lowest BCUT2D eigenvalue weighted by Gasteiger charge is -2.07. The zero-order valence-electron chi connectivity index (χ0n) is 20.4. The van der Waals surface area contributed by atoms with E-state index in [0.29, 0.717) is 5.69 Å². The third-order valence-corrected chi connectivity index (χ3v) is 4.60. The maximum Gasteiger partial charge on any atom is 0.143 e. The lowest BCUT2D eigenvalue weighted by molar-refractivity contribution is 0.638. The van der Waals surface area contributed by atoms with Gasteiger partial charge in [0.25, 0.3) is 0 Å². The summed E-state index contributed by atoms with van der Waals surface area (Å²) in [5.74, 6) is 0.460. The van der Waals surface area contributed by atoms with Crippen LogP contribution in [0.5, 0.6) is 0 Å². The standard InChI is InChI=1S/C13H19FN2.C12H16.C2H6/c1-5-8-11-13(10(4)14)15-12(7-3)16(11)9-6-2;1-5-11-7-6-10(4)12(8-11)9(2)3;1-2/h5,8H,4,6-7,9H2,1-3H3;6-8H,2,5H2,1,3-4H3;1-2H3/b8-5-;;. The summed E-state index contributed by atoms with van der Waals surface area (Å²) in [7, 11) is 0. The van der Waals surface area contributed by atoms with Gasteiger partial charge in [-0.3, -0.25) is 0 Å². The van der Waals surface area contributed by atoms with Crippen LogP contribution in [0.1, 0.15) is 88.8 Å². The van der Waals surface area contributed by atoms with Crippen LogP contribution in [-0.2, 0) is 19.4 Å². The Morgan fingerprint density at radius 1 is 1.13 bits per heavy atom. The van der Waals surface area contributed by atoms with Crippen LogP contribution >= 0.6 is 0 Å². The van der Waals surface area contributed by atoms with Crippen molar-refractivity contribution in [3.63, 3.8) is 0 Å². The van der Waals surface area contributed by atoms with Crippen LogP contribution in [0.3, 0.4) is 0 Å². The molecular formula is C27H41FN2. The number of aromatic nitrogens is 2. The molecule has 30 heavy (non-hydrogen) atoms. The van der Waals surface area contributed by atoms with Crippen LogP contribution in [0, 0.1) is 6.92 Å². The zero-order valence-corrected chi connectivity index (χ0v) is 20.4. The predicted molar refractivity (Wildman–Crippen MR) is 133 cm³/mol. The Hall–Kier alpha value is -2.42. The molecule has 2 nitrogen and oxygen atoms in total. The average Bonchev–Trinajstić information content (AvgIpc) is 3.08. The number of hydrogen-bond acceptors (Lipinski definition) is 1. The third kappa shape index (κ3) is 7.78. The van der Waals surface area contributed by atoms with E-state index in [-0.39, 0.29) is 0 Å². The van der Waals surface area contributed by atoms with E-state index in [9.17, 15) is 4.39 Å². The minimum atomic E-state index is -0.461. The molecule has 1 heterocycles. The molecule has 3 heteroatoms. The molecule has 0 amide bonds. The van der Waals surface area contributed by atoms with Crippen molar-refractivity contribution >= 4 is 17.5 Å². The first-order chi connectivity index (χ1) is 14.3. The molecule has 2 aromatic rings. The third-order valence-electron chi connectivity index (χ3n) is 4.60. The fourth-order valence-corrected chi connectivity index (χ4v) is 3.13. The molecule has 2 rings (SSSR count). The number of halogens is 1. The molecule has 0 radical (unpaired) electrons. The summed E-state index contributed by atoms with van der Waals surface area (Å²) in [5.41, 5.74) is 6.37. The van der Waals surface area contributed by atoms with Gasteiger partial charge in [0, 0.05) is 13.0 Å². The second-order valence-corrected chi connectivity index (χ2v) is 6.96. The summed E-state index contributed by atoms with van der Waals surface area (Å²) in [6.45, 7) is 24.6. The Labute approximate surface area is 184 Å². The van der Waals surface area contributed by atoms with Gasteiger partial charge in [-0.05, 0) is 56.4 Å². The number of nitrogens with zero attached hydrogens (tertiary/aromatic N) is 2. The first-order valence-electron chi connectivity index (χ1n) is 11.1. The highest BCUT2D eigenvalue weighted by molar-refractivity contribution is 5.65. The molecule has 1 aromatic heterocycles. The van der Waals surface area contributed by atoms with Crippen LogP contribution in [-0.4, -0.2) is 9.55 Å². The fourth-order valence-electron chi connectivity index (χ4n) is 3.13. The Balaban J connectivity index is 0.000000535. The molecule has 0 saturated carbocycles. The largest absolute Gasteiger partial charge is 0.328 e. The molecule has 0 bridgehead atoms. The van der Waals surface area contributed by atoms with Crippen molar-refractivity contribution < 1.29 is 4.39 Å². The molecule has 0 aliphatic heterocycles. The fraction of sp³-hybridized carbons (Fsp3) is 0.444. The summed E-state index contributed by atoms with van der Waals surface area (Å²) in [5, 5.41) is 0. The number of hydrogen-bond donors (Lipinski definition) is 0. The van der Waals surface area contributed by atoms with Gasteiger partial charge in [-0.1, -0.05) is 77.6 Å². The molecular weight excluding hydrogens is 371 g/mol. The molecule has 0 aliphatic carbocycles. The van der Waals surface area contributed by atoms with E-state index in [2.05, 4.69) is 68.6 Å². The Bertz CT molecular complexity index is 841. The first kappa shape index (κ1) is 27.6. The number of rotatable bonds is 7. The van der Waals surface area contributed by atoms with Gasteiger partial charge in [-0.15, -0.1) is 0 Å². The summed E-state index contributed by atoms with van der Waals surface area (Å²) >= 11 is 0. The smallest absolute Gasteiger partial charge is 0.143 e. The zero-order chi connectivity index (χ0) is 23.3. The van der Waals surface area contributed by atoms with Crippen molar-refractivity contribution in [1.29, 1.82) is 0 Å². The van der Waals surface area contributed by atoms with Gasteiger partial charge in [0.15, 0.2) is 0 Å². The quantitative estimate of drug-likeness (QED) is 0.446. The van der Waals surface area contributed by atoms with E-state index < -0.39 is 5.83 Å². The van der Waals surface area contributed by atoms with Gasteiger partial charge < -0.3 is 4.57 Å². The Morgan fingerprint density at radius 2 is 1.77 bits per heavy atom. The highest BCUT2D eigenvalue weighted by atomic mass is 19.1. The van der Waals surface area contributed by atoms with E-state index in [1.54, 1.807) is 0 Å². The van der Waals surface area contributed by atoms with Crippen molar-refractivity contribution in [1.82, 2.24) is 9.55 Å². The molecule has 0 unspecified atom stereocenters. The monoisotopic (exact) mass is 412 g/mol. The maximum absolute atomic E-state index is 13.3. The van der Waals surface area contributed by atoms with Gasteiger partial charge in [0.1, 0.15) is 17.3 Å². The second-order valence-electron chi connectivity index (χ2n) is 6.96. The van der Waals surface area contributed by atoms with Crippen LogP contribution in [0.15, 0.2) is 37.4 Å². The number of imidazole rings is 1. The molecule has 0 atom stereocenters. The molecule has 166 valence electrons. The van der Waals surface area contributed by atoms with E-state index in [1.165, 1.54) is 16.7 Å². The van der Waals surface area contributed by atoms with Gasteiger partial charge in [-0.25, -0.2) is 9.37 Å². The van der Waals surface area contributed by atoms with Crippen LogP contribution in [0.4, 0.5) is 4.39 Å². The molecule has 0 saturated heterocycles. The summed E-state index contributed by atoms with van der Waals surface area (Å²) in [6.07, 6.45) is 6.70. The van der Waals surface area contributed by atoms with E-state index in [4.69, 9.17) is 0 Å². The maximum atomic E-state index is 13.3. The Morgan fingerprint density at radius 3 is 2.20 bits per heavy atom. The SMILES string of the molecule is C=C(C)c1cc(CC)ccc1C.C=C(F)c1nc(CC)n(CCC)c1/C=C\C.CC.